The van der Waals surface area contributed by atoms with Gasteiger partial charge in [0, 0.05) is 26.6 Å². The normalized spacial score (nSPS) is 11.0. The molecule has 8 nitrogen and oxygen atoms in total. The van der Waals surface area contributed by atoms with Crippen molar-refractivity contribution in [1.82, 2.24) is 20.8 Å². The first-order valence-corrected chi connectivity index (χ1v) is 9.78. The fraction of sp³-hybridized carbons (Fsp3) is 0.550. The summed E-state index contributed by atoms with van der Waals surface area (Å²) < 4.78 is 16.4. The van der Waals surface area contributed by atoms with E-state index in [1.54, 1.807) is 7.05 Å². The SMILES string of the molecule is CCOc1ccc(CCNC(=NC)NCCCc2nc(C)no2)cc1OCC.I. The van der Waals surface area contributed by atoms with Crippen LogP contribution in [0.1, 0.15) is 37.5 Å². The number of ether oxygens (including phenoxy) is 2. The monoisotopic (exact) mass is 517 g/mol. The summed E-state index contributed by atoms with van der Waals surface area (Å²) >= 11 is 0. The molecule has 0 spiro atoms. The Bertz CT molecular complexity index is 751. The van der Waals surface area contributed by atoms with Gasteiger partial charge in [0.05, 0.1) is 13.2 Å². The van der Waals surface area contributed by atoms with Crippen LogP contribution in [-0.4, -0.2) is 49.5 Å². The number of halogens is 1. The molecule has 0 saturated heterocycles. The lowest BCUT2D eigenvalue weighted by molar-refractivity contribution is 0.287. The predicted octanol–water partition coefficient (Wildman–Crippen LogP) is 3.13. The smallest absolute Gasteiger partial charge is 0.226 e. The van der Waals surface area contributed by atoms with Gasteiger partial charge in [0.15, 0.2) is 23.3 Å². The average molecular weight is 517 g/mol. The Balaban J connectivity index is 0.00000420. The minimum absolute atomic E-state index is 0. The number of hydrogen-bond acceptors (Lipinski definition) is 6. The van der Waals surface area contributed by atoms with E-state index in [9.17, 15) is 0 Å². The van der Waals surface area contributed by atoms with Crippen molar-refractivity contribution >= 4 is 29.9 Å². The highest BCUT2D eigenvalue weighted by atomic mass is 127. The molecular formula is C20H32IN5O3. The molecule has 9 heteroatoms. The van der Waals surface area contributed by atoms with Gasteiger partial charge in [0.2, 0.25) is 5.89 Å². The summed E-state index contributed by atoms with van der Waals surface area (Å²) in [5, 5.41) is 10.4. The second kappa shape index (κ2) is 14.0. The molecule has 0 aliphatic rings. The number of nitrogens with zero attached hydrogens (tertiary/aromatic N) is 3. The number of benzene rings is 1. The zero-order chi connectivity index (χ0) is 20.2. The summed E-state index contributed by atoms with van der Waals surface area (Å²) in [6, 6.07) is 6.08. The van der Waals surface area contributed by atoms with E-state index in [2.05, 4.69) is 31.8 Å². The lowest BCUT2D eigenvalue weighted by Gasteiger charge is -2.14. The highest BCUT2D eigenvalue weighted by molar-refractivity contribution is 14.0. The third-order valence-corrected chi connectivity index (χ3v) is 3.97. The van der Waals surface area contributed by atoms with Crippen LogP contribution in [0.4, 0.5) is 0 Å². The zero-order valence-corrected chi connectivity index (χ0v) is 20.0. The van der Waals surface area contributed by atoms with Gasteiger partial charge in [0.1, 0.15) is 0 Å². The maximum atomic E-state index is 5.68. The van der Waals surface area contributed by atoms with Gasteiger partial charge in [-0.3, -0.25) is 4.99 Å². The third-order valence-electron chi connectivity index (χ3n) is 3.97. The highest BCUT2D eigenvalue weighted by Gasteiger charge is 2.07. The van der Waals surface area contributed by atoms with E-state index in [1.165, 1.54) is 5.56 Å². The first kappa shape index (κ1) is 25.0. The summed E-state index contributed by atoms with van der Waals surface area (Å²) in [6.07, 6.45) is 2.49. The summed E-state index contributed by atoms with van der Waals surface area (Å²) in [5.74, 6) is 3.69. The fourth-order valence-corrected chi connectivity index (χ4v) is 2.68. The van der Waals surface area contributed by atoms with Crippen LogP contribution in [0.2, 0.25) is 0 Å². The maximum Gasteiger partial charge on any atom is 0.226 e. The number of guanidine groups is 1. The number of nitrogens with one attached hydrogen (secondary N) is 2. The molecule has 0 unspecified atom stereocenters. The Hall–Kier alpha value is -2.04. The van der Waals surface area contributed by atoms with Crippen LogP contribution in [0.15, 0.2) is 27.7 Å². The molecule has 1 aromatic heterocycles. The van der Waals surface area contributed by atoms with Crippen LogP contribution in [-0.2, 0) is 12.8 Å². The van der Waals surface area contributed by atoms with Crippen molar-refractivity contribution < 1.29 is 14.0 Å². The Labute approximate surface area is 189 Å². The number of hydrogen-bond donors (Lipinski definition) is 2. The van der Waals surface area contributed by atoms with Crippen molar-refractivity contribution in [3.63, 3.8) is 0 Å². The summed E-state index contributed by atoms with van der Waals surface area (Å²) in [4.78, 5) is 8.45. The van der Waals surface area contributed by atoms with E-state index in [0.29, 0.717) is 24.9 Å². The van der Waals surface area contributed by atoms with Crippen molar-refractivity contribution in [3.05, 3.63) is 35.5 Å². The standard InChI is InChI=1S/C20H31N5O3.HI/c1-5-26-17-10-9-16(14-18(17)27-6-2)11-13-23-20(21-4)22-12-7-8-19-24-15(3)25-28-19;/h9-10,14H,5-8,11-13H2,1-4H3,(H2,21,22,23);1H. The molecule has 2 rings (SSSR count). The molecule has 1 aromatic carbocycles. The van der Waals surface area contributed by atoms with Crippen LogP contribution < -0.4 is 20.1 Å². The molecule has 0 amide bonds. The summed E-state index contributed by atoms with van der Waals surface area (Å²) in [5.41, 5.74) is 1.18. The molecule has 0 bridgehead atoms. The number of rotatable bonds is 11. The van der Waals surface area contributed by atoms with E-state index < -0.39 is 0 Å². The lowest BCUT2D eigenvalue weighted by atomic mass is 10.1. The van der Waals surface area contributed by atoms with Crippen molar-refractivity contribution in [3.8, 4) is 11.5 Å². The first-order valence-electron chi connectivity index (χ1n) is 9.78. The van der Waals surface area contributed by atoms with E-state index in [1.807, 2.05) is 32.9 Å². The van der Waals surface area contributed by atoms with Gasteiger partial charge in [-0.05, 0) is 51.3 Å². The number of aromatic nitrogens is 2. The molecule has 0 aliphatic heterocycles. The van der Waals surface area contributed by atoms with Crippen LogP contribution in [0, 0.1) is 6.92 Å². The van der Waals surface area contributed by atoms with Gasteiger partial charge < -0.3 is 24.6 Å². The second-order valence-electron chi connectivity index (χ2n) is 6.16. The van der Waals surface area contributed by atoms with Crippen LogP contribution in [0.3, 0.4) is 0 Å². The van der Waals surface area contributed by atoms with Gasteiger partial charge in [-0.2, -0.15) is 4.98 Å². The number of aliphatic imine (C=N–C) groups is 1. The minimum atomic E-state index is 0. The maximum absolute atomic E-state index is 5.68. The summed E-state index contributed by atoms with van der Waals surface area (Å²) in [6.45, 7) is 8.53. The molecule has 29 heavy (non-hydrogen) atoms. The van der Waals surface area contributed by atoms with Crippen molar-refractivity contribution in [1.29, 1.82) is 0 Å². The Morgan fingerprint density at radius 3 is 2.45 bits per heavy atom. The Morgan fingerprint density at radius 2 is 1.79 bits per heavy atom. The van der Waals surface area contributed by atoms with Gasteiger partial charge in [-0.15, -0.1) is 24.0 Å². The molecule has 0 saturated carbocycles. The van der Waals surface area contributed by atoms with E-state index in [0.717, 1.165) is 49.8 Å². The average Bonchev–Trinajstić information content (AvgIpc) is 3.11. The van der Waals surface area contributed by atoms with Gasteiger partial charge >= 0.3 is 0 Å². The molecular weight excluding hydrogens is 485 g/mol. The molecule has 2 aromatic rings. The fourth-order valence-electron chi connectivity index (χ4n) is 2.68. The van der Waals surface area contributed by atoms with Crippen molar-refractivity contribution in [2.75, 3.05) is 33.4 Å². The molecule has 1 heterocycles. The van der Waals surface area contributed by atoms with Crippen molar-refractivity contribution in [2.45, 2.75) is 40.0 Å². The van der Waals surface area contributed by atoms with Crippen LogP contribution in [0.25, 0.3) is 0 Å². The van der Waals surface area contributed by atoms with E-state index in [4.69, 9.17) is 14.0 Å². The number of aryl methyl sites for hydroxylation is 2. The molecule has 0 atom stereocenters. The van der Waals surface area contributed by atoms with Gasteiger partial charge in [0.25, 0.3) is 0 Å². The first-order chi connectivity index (χ1) is 13.7. The topological polar surface area (TPSA) is 93.8 Å². The van der Waals surface area contributed by atoms with E-state index in [-0.39, 0.29) is 24.0 Å². The van der Waals surface area contributed by atoms with Crippen LogP contribution >= 0.6 is 24.0 Å². The molecule has 162 valence electrons. The molecule has 0 fully saturated rings. The Morgan fingerprint density at radius 1 is 1.07 bits per heavy atom. The predicted molar refractivity (Wildman–Crippen MR) is 125 cm³/mol. The highest BCUT2D eigenvalue weighted by Crippen LogP contribution is 2.28. The second-order valence-corrected chi connectivity index (χ2v) is 6.16. The summed E-state index contributed by atoms with van der Waals surface area (Å²) in [7, 11) is 1.76. The minimum Gasteiger partial charge on any atom is -0.490 e. The Kier molecular flexibility index (Phi) is 12.1. The van der Waals surface area contributed by atoms with Gasteiger partial charge in [-0.1, -0.05) is 11.2 Å². The van der Waals surface area contributed by atoms with Crippen LogP contribution in [0.5, 0.6) is 11.5 Å². The molecule has 2 N–H and O–H groups in total. The largest absolute Gasteiger partial charge is 0.490 e. The molecule has 0 aliphatic carbocycles. The van der Waals surface area contributed by atoms with E-state index >= 15 is 0 Å². The zero-order valence-electron chi connectivity index (χ0n) is 17.7. The van der Waals surface area contributed by atoms with Gasteiger partial charge in [-0.25, -0.2) is 0 Å². The van der Waals surface area contributed by atoms with Crippen molar-refractivity contribution in [2.24, 2.45) is 4.99 Å². The quantitative estimate of drug-likeness (QED) is 0.205. The molecule has 0 radical (unpaired) electrons. The lowest BCUT2D eigenvalue weighted by Crippen LogP contribution is -2.38. The third kappa shape index (κ3) is 8.88.